The van der Waals surface area contributed by atoms with Crippen molar-refractivity contribution in [3.8, 4) is 156 Å². The van der Waals surface area contributed by atoms with Crippen LogP contribution in [0.2, 0.25) is 0 Å². The zero-order valence-corrected chi connectivity index (χ0v) is 67.1. The van der Waals surface area contributed by atoms with Crippen LogP contribution < -0.4 is 0 Å². The molecule has 5 heterocycles. The highest BCUT2D eigenvalue weighted by Crippen LogP contribution is 2.62. The van der Waals surface area contributed by atoms with E-state index >= 15 is 0 Å². The summed E-state index contributed by atoms with van der Waals surface area (Å²) in [5.74, 6) is 0.680. The normalized spacial score (nSPS) is 14.2. The molecule has 5 aromatic heterocycles. The maximum absolute atomic E-state index is 6.42. The van der Waals surface area contributed by atoms with Crippen molar-refractivity contribution in [2.75, 3.05) is 0 Å². The Hall–Kier alpha value is -15.6. The van der Waals surface area contributed by atoms with Crippen LogP contribution in [0.15, 0.2) is 417 Å². The van der Waals surface area contributed by atoms with E-state index in [0.29, 0.717) is 11.8 Å². The number of fused-ring (bicyclic) bond motifs is 14. The van der Waals surface area contributed by atoms with Gasteiger partial charge in [0.25, 0.3) is 0 Å². The van der Waals surface area contributed by atoms with Gasteiger partial charge in [-0.05, 0) is 278 Å². The van der Waals surface area contributed by atoms with Gasteiger partial charge in [0.05, 0.1) is 28.5 Å². The van der Waals surface area contributed by atoms with Gasteiger partial charge >= 0.3 is 0 Å². The van der Waals surface area contributed by atoms with Crippen LogP contribution in [-0.2, 0) is 5.41 Å². The average Bonchev–Trinajstić information content (AvgIpc) is 1.53. The molecule has 0 spiro atoms. The van der Waals surface area contributed by atoms with E-state index in [2.05, 4.69) is 370 Å². The van der Waals surface area contributed by atoms with Gasteiger partial charge in [0.1, 0.15) is 11.2 Å². The number of benzene rings is 16. The van der Waals surface area contributed by atoms with Gasteiger partial charge in [-0.1, -0.05) is 329 Å². The minimum Gasteiger partial charge on any atom is -0.456 e. The summed E-state index contributed by atoms with van der Waals surface area (Å²) in [7, 11) is 0. The molecule has 2 atom stereocenters. The van der Waals surface area contributed by atoms with Gasteiger partial charge in [-0.25, -0.2) is 4.98 Å². The lowest BCUT2D eigenvalue weighted by Crippen LogP contribution is -2.25. The largest absolute Gasteiger partial charge is 0.456 e. The van der Waals surface area contributed by atoms with Crippen molar-refractivity contribution in [1.29, 1.82) is 0 Å². The number of nitrogens with zero attached hydrogens (tertiary/aromatic N) is 4. The van der Waals surface area contributed by atoms with E-state index in [4.69, 9.17) is 14.4 Å². The number of furan rings is 1. The average molecular weight is 1550 g/mol. The van der Waals surface area contributed by atoms with Gasteiger partial charge in [0, 0.05) is 40.8 Å². The van der Waals surface area contributed by atoms with Gasteiger partial charge in [-0.15, -0.1) is 0 Å². The van der Waals surface area contributed by atoms with Gasteiger partial charge in [-0.3, -0.25) is 15.0 Å². The second-order valence-corrected chi connectivity index (χ2v) is 33.3. The number of allylic oxidation sites excluding steroid dienone is 4. The van der Waals surface area contributed by atoms with E-state index in [1.807, 2.05) is 60.9 Å². The van der Waals surface area contributed by atoms with Crippen LogP contribution in [0, 0.1) is 5.92 Å². The van der Waals surface area contributed by atoms with Crippen molar-refractivity contribution in [3.05, 3.63) is 430 Å². The first kappa shape index (κ1) is 70.6. The Morgan fingerprint density at radius 3 is 1.17 bits per heavy atom. The number of hydrogen-bond donors (Lipinski definition) is 0. The van der Waals surface area contributed by atoms with Gasteiger partial charge in [0.15, 0.2) is 0 Å². The van der Waals surface area contributed by atoms with Crippen molar-refractivity contribution < 1.29 is 4.42 Å². The summed E-state index contributed by atoms with van der Waals surface area (Å²) in [6.07, 6.45) is 12.8. The second-order valence-electron chi connectivity index (χ2n) is 33.3. The number of pyridine rings is 4. The Bertz CT molecular complexity index is 7740. The van der Waals surface area contributed by atoms with Crippen LogP contribution in [-0.4, -0.2) is 19.9 Å². The van der Waals surface area contributed by atoms with Crippen molar-refractivity contribution in [1.82, 2.24) is 19.9 Å². The fourth-order valence-electron chi connectivity index (χ4n) is 20.8. The fraction of sp³-hybridized carbons (Fsp3) is 0.0427. The van der Waals surface area contributed by atoms with E-state index in [-0.39, 0.29) is 5.41 Å². The Labute approximate surface area is 707 Å². The topological polar surface area (TPSA) is 64.7 Å². The Balaban J connectivity index is 0.000000139. The van der Waals surface area contributed by atoms with E-state index in [1.54, 1.807) is 6.20 Å². The first-order valence-corrected chi connectivity index (χ1v) is 42.2. The zero-order chi connectivity index (χ0) is 80.7. The van der Waals surface area contributed by atoms with Crippen molar-refractivity contribution >= 4 is 70.6 Å². The van der Waals surface area contributed by atoms with Crippen molar-refractivity contribution in [2.45, 2.75) is 25.2 Å². The highest BCUT2D eigenvalue weighted by Gasteiger charge is 2.46. The molecular formula is C117H76N4O. The molecule has 570 valence electrons. The summed E-state index contributed by atoms with van der Waals surface area (Å²) >= 11 is 0. The minimum absolute atomic E-state index is 0.0559. The van der Waals surface area contributed by atoms with Crippen LogP contribution in [0.5, 0.6) is 0 Å². The predicted octanol–water partition coefficient (Wildman–Crippen LogP) is 31.1. The number of aromatic nitrogens is 4. The standard InChI is InChI=1S/C63H44N2.C54H32N2O/c1-63(2)54-36-42(26-29-47(54)48-30-27-43(37-55(48)63)45-28-33-57(65-38-45)56-25-11-12-34-64-56)41-19-13-20-44(35-41)46-31-32-53-60-49(46)23-14-24-52(60)61-58(39-15-5-3-6-16-39)50-21-9-10-22-51(50)59(62(53)61)40-17-7-4-8-18-40;1-3-13-33(14-4-1)50-39-17-7-8-18-40(39)51(34-15-5-2-6-16-34)54-42-27-26-37(38-19-11-20-41(52(38)42)53(50)54)35-24-28-48-43(31-35)44-32-36(25-29-49(44)57-48)45-22-12-23-47(56-45)46-21-9-10-30-55-46/h3-38,48,55H,1-2H3;1-32H. The molecule has 5 nitrogen and oxygen atoms in total. The first-order valence-electron chi connectivity index (χ1n) is 42.2. The molecule has 16 aromatic carbocycles. The lowest BCUT2D eigenvalue weighted by molar-refractivity contribution is 0.395. The molecule has 0 saturated carbocycles. The molecular weight excluding hydrogens is 1480 g/mol. The summed E-state index contributed by atoms with van der Waals surface area (Å²) in [6, 6.07) is 137. The van der Waals surface area contributed by atoms with Gasteiger partial charge in [0.2, 0.25) is 0 Å². The van der Waals surface area contributed by atoms with Crippen LogP contribution in [0.1, 0.15) is 36.5 Å². The van der Waals surface area contributed by atoms with E-state index in [1.165, 1.54) is 177 Å². The predicted molar refractivity (Wildman–Crippen MR) is 507 cm³/mol. The lowest BCUT2D eigenvalue weighted by atomic mass is 9.73. The third-order valence-electron chi connectivity index (χ3n) is 26.3. The van der Waals surface area contributed by atoms with E-state index in [9.17, 15) is 0 Å². The van der Waals surface area contributed by atoms with Crippen molar-refractivity contribution in [2.24, 2.45) is 5.92 Å². The van der Waals surface area contributed by atoms with Crippen molar-refractivity contribution in [3.63, 3.8) is 0 Å². The maximum Gasteiger partial charge on any atom is 0.135 e. The van der Waals surface area contributed by atoms with Crippen LogP contribution in [0.4, 0.5) is 0 Å². The fourth-order valence-corrected chi connectivity index (χ4v) is 20.8. The summed E-state index contributed by atoms with van der Waals surface area (Å²) in [5.41, 5.74) is 40.2. The van der Waals surface area contributed by atoms with Crippen LogP contribution in [0.3, 0.4) is 0 Å². The summed E-state index contributed by atoms with van der Waals surface area (Å²) in [6.45, 7) is 4.85. The molecule has 2 unspecified atom stereocenters. The lowest BCUT2D eigenvalue weighted by Gasteiger charge is -2.31. The molecule has 25 rings (SSSR count). The zero-order valence-electron chi connectivity index (χ0n) is 67.1. The molecule has 0 bridgehead atoms. The summed E-state index contributed by atoms with van der Waals surface area (Å²) < 4.78 is 6.42. The molecule has 0 radical (unpaired) electrons. The Morgan fingerprint density at radius 2 is 0.656 bits per heavy atom. The SMILES string of the molecule is CC1(C)c2cc(-c3cccc(-c4ccc5c6c(cccc46)-c4c-5c(-c5ccccc5)c5ccccc5c4-c4ccccc4)c3)ccc2C2C=CC(c3ccc(-c4ccccn4)nc3)=CC21.c1ccc(-c2c3c(c(-c4ccccc4)c4ccccc24)-c2ccc(-c4ccc5oc6ccc(-c7cccc(-c8ccccn8)n7)cc6c5c4)c4cccc-3c24)cc1. The summed E-state index contributed by atoms with van der Waals surface area (Å²) in [4.78, 5) is 18.8. The number of rotatable bonds is 11. The molecule has 21 aromatic rings. The quantitative estimate of drug-likeness (QED) is 0.129. The Morgan fingerprint density at radius 1 is 0.262 bits per heavy atom. The molecule has 5 heteroatoms. The number of hydrogen-bond acceptors (Lipinski definition) is 5. The molecule has 4 aliphatic carbocycles. The van der Waals surface area contributed by atoms with Gasteiger partial charge < -0.3 is 4.42 Å². The highest BCUT2D eigenvalue weighted by molar-refractivity contribution is 6.31. The maximum atomic E-state index is 6.42. The minimum atomic E-state index is -0.0559. The smallest absolute Gasteiger partial charge is 0.135 e. The monoisotopic (exact) mass is 1550 g/mol. The molecule has 0 fully saturated rings. The third-order valence-corrected chi connectivity index (χ3v) is 26.3. The Kier molecular flexibility index (Phi) is 16.4. The second kappa shape index (κ2) is 28.3. The van der Waals surface area contributed by atoms with Crippen LogP contribution in [0.25, 0.3) is 227 Å². The summed E-state index contributed by atoms with van der Waals surface area (Å²) in [5, 5.41) is 12.4. The highest BCUT2D eigenvalue weighted by atomic mass is 16.3. The molecule has 4 aliphatic rings. The molecule has 0 amide bonds. The molecule has 0 N–H and O–H groups in total. The third kappa shape index (κ3) is 11.3. The molecule has 0 saturated heterocycles. The molecule has 122 heavy (non-hydrogen) atoms. The first-order chi connectivity index (χ1) is 60.3. The van der Waals surface area contributed by atoms with E-state index in [0.717, 1.165) is 67.1 Å². The molecule has 0 aliphatic heterocycles. The van der Waals surface area contributed by atoms with E-state index < -0.39 is 0 Å². The van der Waals surface area contributed by atoms with Gasteiger partial charge in [-0.2, -0.15) is 0 Å². The van der Waals surface area contributed by atoms with Crippen LogP contribution >= 0.6 is 0 Å².